The normalized spacial score (nSPS) is 34.6. The number of alkyl halides is 2. The Kier molecular flexibility index (Phi) is 3.52. The molecule has 1 saturated heterocycles. The molecule has 0 spiro atoms. The second kappa shape index (κ2) is 4.71. The van der Waals surface area contributed by atoms with Gasteiger partial charge in [0.05, 0.1) is 13.2 Å². The number of nitrogens with two attached hydrogens (primary N) is 1. The molecule has 7 nitrogen and oxygen atoms in total. The summed E-state index contributed by atoms with van der Waals surface area (Å²) in [4.78, 5) is 13.5. The van der Waals surface area contributed by atoms with Crippen molar-refractivity contribution in [2.45, 2.75) is 16.7 Å². The average molecular weight is 294 g/mol. The largest absolute Gasteiger partial charge is 0.393 e. The number of ether oxygens (including phenoxy) is 1. The zero-order valence-corrected chi connectivity index (χ0v) is 10.5. The molecule has 1 aromatic heterocycles. The highest BCUT2D eigenvalue weighted by Gasteiger charge is 2.59. The third-order valence-corrected chi connectivity index (χ3v) is 3.70. The van der Waals surface area contributed by atoms with Crippen LogP contribution in [0.25, 0.3) is 0 Å². The zero-order chi connectivity index (χ0) is 14.3. The van der Waals surface area contributed by atoms with Crippen LogP contribution in [-0.4, -0.2) is 51.4 Å². The van der Waals surface area contributed by atoms with Gasteiger partial charge in [-0.25, -0.2) is 9.18 Å². The predicted molar refractivity (Wildman–Crippen MR) is 64.5 cm³/mol. The number of aliphatic hydroxyl groups excluding tert-OH is 2. The van der Waals surface area contributed by atoms with E-state index in [1.165, 1.54) is 12.3 Å². The predicted octanol–water partition coefficient (Wildman–Crippen LogP) is -1.19. The molecule has 1 fully saturated rings. The van der Waals surface area contributed by atoms with Crippen LogP contribution in [-0.2, 0) is 9.73 Å². The molecule has 1 aromatic rings. The molecule has 3 atom stereocenters. The van der Waals surface area contributed by atoms with Gasteiger partial charge in [-0.05, 0) is 6.07 Å². The van der Waals surface area contributed by atoms with E-state index in [1.54, 1.807) is 0 Å². The van der Waals surface area contributed by atoms with E-state index in [2.05, 4.69) is 4.98 Å². The van der Waals surface area contributed by atoms with Gasteiger partial charge in [0, 0.05) is 6.20 Å². The Hall–Kier alpha value is -1.22. The maximum Gasteiger partial charge on any atom is 0.351 e. The molecule has 2 heterocycles. The van der Waals surface area contributed by atoms with Crippen LogP contribution in [0.3, 0.4) is 0 Å². The van der Waals surface area contributed by atoms with Crippen LogP contribution in [0.15, 0.2) is 17.1 Å². The van der Waals surface area contributed by atoms with Crippen molar-refractivity contribution in [1.82, 2.24) is 9.55 Å². The van der Waals surface area contributed by atoms with Gasteiger partial charge in [-0.1, -0.05) is 11.6 Å². The molecular weight excluding hydrogens is 281 g/mol. The molecule has 0 radical (unpaired) electrons. The average Bonchev–Trinajstić information content (AvgIpc) is 2.64. The minimum Gasteiger partial charge on any atom is -0.393 e. The van der Waals surface area contributed by atoms with Gasteiger partial charge in [-0.2, -0.15) is 4.98 Å². The molecule has 0 bridgehead atoms. The third kappa shape index (κ3) is 2.00. The fourth-order valence-electron chi connectivity index (χ4n) is 1.99. The number of nitrogens with zero attached hydrogens (tertiary/aromatic N) is 2. The summed E-state index contributed by atoms with van der Waals surface area (Å²) in [7, 11) is 0. The van der Waals surface area contributed by atoms with E-state index in [9.17, 15) is 19.4 Å². The van der Waals surface area contributed by atoms with Crippen molar-refractivity contribution in [3.63, 3.8) is 0 Å². The Balaban J connectivity index is 2.47. The Morgan fingerprint density at radius 1 is 1.74 bits per heavy atom. The summed E-state index contributed by atoms with van der Waals surface area (Å²) < 4.78 is 19.0. The number of hydrogen-bond acceptors (Lipinski definition) is 6. The lowest BCUT2D eigenvalue weighted by Crippen LogP contribution is -2.54. The number of nitrogen functional groups attached to an aromatic ring is 1. The monoisotopic (exact) mass is 293 g/mol. The quantitative estimate of drug-likeness (QED) is 0.604. The first-order valence-corrected chi connectivity index (χ1v) is 5.81. The number of aliphatic hydroxyl groups is 2. The Bertz CT molecular complexity index is 536. The second-order valence-corrected chi connectivity index (χ2v) is 5.03. The van der Waals surface area contributed by atoms with Gasteiger partial charge >= 0.3 is 5.69 Å². The van der Waals surface area contributed by atoms with E-state index in [4.69, 9.17) is 22.1 Å². The Morgan fingerprint density at radius 2 is 2.42 bits per heavy atom. The Morgan fingerprint density at radius 3 is 2.89 bits per heavy atom. The standard InChI is InChI=1S/C10H13ClFN3O4/c11-10(15-2-1-6(13)14-8(15)18)5-19-9(3-12,4-16)7(10)17/h1-2,7,16-17H,3-5H2,(H2,13,14,18)/t7-,9-,10+/m1/s1. The van der Waals surface area contributed by atoms with E-state index < -0.39 is 35.7 Å². The van der Waals surface area contributed by atoms with Crippen LogP contribution in [0.4, 0.5) is 10.2 Å². The summed E-state index contributed by atoms with van der Waals surface area (Å²) in [5, 5.41) is 19.3. The molecule has 0 aromatic carbocycles. The smallest absolute Gasteiger partial charge is 0.351 e. The summed E-state index contributed by atoms with van der Waals surface area (Å²) in [6.45, 7) is -2.27. The van der Waals surface area contributed by atoms with Crippen LogP contribution in [0.5, 0.6) is 0 Å². The fourth-order valence-corrected chi connectivity index (χ4v) is 2.37. The first-order chi connectivity index (χ1) is 8.89. The van der Waals surface area contributed by atoms with Crippen molar-refractivity contribution in [1.29, 1.82) is 0 Å². The van der Waals surface area contributed by atoms with Gasteiger partial charge in [0.15, 0.2) is 5.00 Å². The molecule has 4 N–H and O–H groups in total. The molecule has 1 aliphatic heterocycles. The molecule has 9 heteroatoms. The van der Waals surface area contributed by atoms with Gasteiger partial charge in [0.25, 0.3) is 0 Å². The molecule has 0 saturated carbocycles. The third-order valence-electron chi connectivity index (χ3n) is 3.20. The van der Waals surface area contributed by atoms with Gasteiger partial charge < -0.3 is 20.7 Å². The van der Waals surface area contributed by atoms with E-state index >= 15 is 0 Å². The zero-order valence-electron chi connectivity index (χ0n) is 9.79. The minimum atomic E-state index is -1.84. The van der Waals surface area contributed by atoms with Crippen molar-refractivity contribution < 1.29 is 19.3 Å². The van der Waals surface area contributed by atoms with Crippen LogP contribution in [0.1, 0.15) is 0 Å². The van der Waals surface area contributed by atoms with Gasteiger partial charge in [0.1, 0.15) is 24.2 Å². The molecule has 1 aliphatic rings. The van der Waals surface area contributed by atoms with Crippen LogP contribution >= 0.6 is 11.6 Å². The topological polar surface area (TPSA) is 111 Å². The van der Waals surface area contributed by atoms with Crippen molar-refractivity contribution in [3.8, 4) is 0 Å². The molecule has 106 valence electrons. The lowest BCUT2D eigenvalue weighted by atomic mass is 9.96. The SMILES string of the molecule is Nc1ccn([C@@]2(Cl)CO[C@@](CO)(CF)[C@H]2O)c(=O)n1. The molecular formula is C10H13ClFN3O4. The van der Waals surface area contributed by atoms with E-state index in [0.29, 0.717) is 0 Å². The van der Waals surface area contributed by atoms with E-state index in [-0.39, 0.29) is 12.4 Å². The number of rotatable bonds is 3. The summed E-state index contributed by atoms with van der Waals surface area (Å²) in [6, 6.07) is 1.31. The minimum absolute atomic E-state index is 0.00571. The van der Waals surface area contributed by atoms with Crippen molar-refractivity contribution >= 4 is 17.4 Å². The lowest BCUT2D eigenvalue weighted by Gasteiger charge is -2.31. The highest BCUT2D eigenvalue weighted by Crippen LogP contribution is 2.41. The van der Waals surface area contributed by atoms with Gasteiger partial charge in [-0.3, -0.25) is 4.57 Å². The lowest BCUT2D eigenvalue weighted by molar-refractivity contribution is -0.104. The van der Waals surface area contributed by atoms with Gasteiger partial charge in [0.2, 0.25) is 0 Å². The maximum atomic E-state index is 13.0. The van der Waals surface area contributed by atoms with Crippen LogP contribution in [0.2, 0.25) is 0 Å². The fraction of sp³-hybridized carbons (Fsp3) is 0.600. The first-order valence-electron chi connectivity index (χ1n) is 5.43. The molecule has 19 heavy (non-hydrogen) atoms. The Labute approximate surface area is 112 Å². The number of anilines is 1. The maximum absolute atomic E-state index is 13.0. The number of aromatic nitrogens is 2. The van der Waals surface area contributed by atoms with E-state index in [1.807, 2.05) is 0 Å². The highest BCUT2D eigenvalue weighted by atomic mass is 35.5. The van der Waals surface area contributed by atoms with Crippen molar-refractivity contribution in [3.05, 3.63) is 22.7 Å². The molecule has 0 unspecified atom stereocenters. The van der Waals surface area contributed by atoms with Crippen LogP contribution < -0.4 is 11.4 Å². The summed E-state index contributed by atoms with van der Waals surface area (Å²) >= 11 is 6.18. The number of halogens is 2. The number of hydrogen-bond donors (Lipinski definition) is 3. The molecule has 0 aliphatic carbocycles. The second-order valence-electron chi connectivity index (χ2n) is 4.37. The molecule has 2 rings (SSSR count). The van der Waals surface area contributed by atoms with E-state index in [0.717, 1.165) is 4.57 Å². The van der Waals surface area contributed by atoms with Crippen molar-refractivity contribution in [2.75, 3.05) is 25.6 Å². The molecule has 0 amide bonds. The highest BCUT2D eigenvalue weighted by molar-refractivity contribution is 6.22. The summed E-state index contributed by atoms with van der Waals surface area (Å²) in [6.07, 6.45) is -0.393. The van der Waals surface area contributed by atoms with Crippen molar-refractivity contribution in [2.24, 2.45) is 0 Å². The van der Waals surface area contributed by atoms with Gasteiger partial charge in [-0.15, -0.1) is 0 Å². The summed E-state index contributed by atoms with van der Waals surface area (Å²) in [5.41, 5.74) is 2.70. The van der Waals surface area contributed by atoms with Crippen LogP contribution in [0, 0.1) is 0 Å². The first kappa shape index (κ1) is 14.2. The summed E-state index contributed by atoms with van der Waals surface area (Å²) in [5.74, 6) is -0.00571.